The number of imidazole rings is 2. The number of para-hydroxylation sites is 2. The lowest BCUT2D eigenvalue weighted by Gasteiger charge is -2.32. The first-order chi connectivity index (χ1) is 48.1. The number of fused-ring (bicyclic) bond motifs is 4. The van der Waals surface area contributed by atoms with Gasteiger partial charge in [-0.3, -0.25) is 28.7 Å². The summed E-state index contributed by atoms with van der Waals surface area (Å²) >= 11 is 3.27. The first-order valence-corrected chi connectivity index (χ1v) is 50.6. The monoisotopic (exact) mass is 1520 g/mol. The van der Waals surface area contributed by atoms with E-state index in [1.807, 2.05) is 53.8 Å². The number of nitrogens with zero attached hydrogens (tertiary/aromatic N) is 12. The number of hydrogen-bond acceptors (Lipinski definition) is 18. The van der Waals surface area contributed by atoms with Crippen molar-refractivity contribution in [1.29, 1.82) is 0 Å². The van der Waals surface area contributed by atoms with Crippen LogP contribution in [0.4, 0.5) is 0 Å². The molecule has 0 atom stereocenters. The zero-order valence-corrected chi connectivity index (χ0v) is 69.1. The Kier molecular flexibility index (Phi) is 26.2. The smallest absolute Gasteiger partial charge is 0.399 e. The maximum Gasteiger partial charge on any atom is 0.496 e. The van der Waals surface area contributed by atoms with Crippen molar-refractivity contribution in [3.8, 4) is 34.2 Å². The summed E-state index contributed by atoms with van der Waals surface area (Å²) in [6.07, 6.45) is 11.8. The van der Waals surface area contributed by atoms with Crippen molar-refractivity contribution in [2.24, 2.45) is 0 Å². The number of rotatable bonds is 30. The molecule has 11 rings (SSSR count). The van der Waals surface area contributed by atoms with E-state index in [1.54, 1.807) is 39.0 Å². The summed E-state index contributed by atoms with van der Waals surface area (Å²) in [6.45, 7) is 45.1. The molecule has 0 spiro atoms. The number of aromatic nitrogens is 12. The largest absolute Gasteiger partial charge is 0.496 e. The van der Waals surface area contributed by atoms with Crippen molar-refractivity contribution in [3.05, 3.63) is 124 Å². The molecule has 546 valence electrons. The zero-order valence-electron chi connectivity index (χ0n) is 63.5. The van der Waals surface area contributed by atoms with E-state index in [-0.39, 0.29) is 6.73 Å². The normalized spacial score (nSPS) is 14.1. The van der Waals surface area contributed by atoms with Crippen LogP contribution in [0.2, 0.25) is 103 Å². The summed E-state index contributed by atoms with van der Waals surface area (Å²) in [5.41, 5.74) is 13.0. The molecule has 1 saturated heterocycles. The van der Waals surface area contributed by atoms with E-state index in [9.17, 15) is 9.59 Å². The number of halogens is 1. The van der Waals surface area contributed by atoms with Gasteiger partial charge in [-0.15, -0.1) is 0 Å². The van der Waals surface area contributed by atoms with Crippen molar-refractivity contribution >= 4 is 118 Å². The second kappa shape index (κ2) is 33.6. The molecule has 0 aliphatic carbocycles. The Morgan fingerprint density at radius 1 is 0.529 bits per heavy atom. The fourth-order valence-corrected chi connectivity index (χ4v) is 14.6. The van der Waals surface area contributed by atoms with E-state index >= 15 is 0 Å². The fourth-order valence-electron chi connectivity index (χ4n) is 11.2. The molecule has 0 amide bonds. The molecule has 0 bridgehead atoms. The quantitative estimate of drug-likeness (QED) is 0.0231. The first-order valence-electron chi connectivity index (χ1n) is 35.0. The van der Waals surface area contributed by atoms with Gasteiger partial charge >= 0.3 is 7.12 Å². The van der Waals surface area contributed by atoms with Crippen LogP contribution in [0.15, 0.2) is 90.2 Å². The van der Waals surface area contributed by atoms with Gasteiger partial charge in [0, 0.05) is 159 Å². The van der Waals surface area contributed by atoms with Gasteiger partial charge in [0.05, 0.1) is 51.9 Å². The Labute approximate surface area is 613 Å². The van der Waals surface area contributed by atoms with Crippen molar-refractivity contribution in [1.82, 2.24) is 58.6 Å². The van der Waals surface area contributed by atoms with E-state index in [4.69, 9.17) is 67.9 Å². The minimum absolute atomic E-state index is 0.274. The summed E-state index contributed by atoms with van der Waals surface area (Å²) in [5.74, 6) is 1.40. The second-order valence-corrected chi connectivity index (χ2v) is 55.4. The maximum absolute atomic E-state index is 11.7. The van der Waals surface area contributed by atoms with Crippen LogP contribution in [0.25, 0.3) is 78.3 Å². The third-order valence-electron chi connectivity index (χ3n) is 18.3. The molecule has 8 aromatic heterocycles. The standard InChI is InChI=1S/C34H46N6O4Si2.C33H52BN5O5Si2.C7H6BrNO/c1-24-27(20-41)17-35-19-29(24)26-16-28-32(38-40(33(28)36-18-26)23-44-13-15-46(6,7)8)34-37-31-25(21-42-2)10-9-11-30(31)39(34)22-43-12-14-45(3,4)5;1-32(2)33(3,4)44-34(43-32)25-19-26-29(37-39(30(26)35-20-25)23-42-16-18-46(9,10)11)31-36-28-24(21-40-5)13-12-14-27(28)38(31)22-41-15-17-45(6,7)8;1-5-6(4-10)2-9-3-7(5)8/h9-11,16-20H,12-15,21-23H2,1-8H3;12-14,19-20H,15-18,21-23H2,1-11H3;2-4H,1H3. The molecule has 1 aliphatic rings. The van der Waals surface area contributed by atoms with Gasteiger partial charge in [-0.25, -0.2) is 29.3 Å². The van der Waals surface area contributed by atoms with Gasteiger partial charge in [-0.1, -0.05) is 103 Å². The van der Waals surface area contributed by atoms with Crippen LogP contribution in [0.3, 0.4) is 0 Å². The van der Waals surface area contributed by atoms with Crippen molar-refractivity contribution in [2.45, 2.75) is 196 Å². The molecule has 9 heterocycles. The van der Waals surface area contributed by atoms with Crippen LogP contribution in [0.1, 0.15) is 70.7 Å². The molecule has 0 N–H and O–H groups in total. The average molecular weight is 1520 g/mol. The minimum atomic E-state index is -1.27. The summed E-state index contributed by atoms with van der Waals surface area (Å²) in [6, 6.07) is 20.7. The molecule has 28 heteroatoms. The molecule has 2 aromatic carbocycles. The highest BCUT2D eigenvalue weighted by Crippen LogP contribution is 2.39. The molecular formula is C74H104BBrN12O10Si4. The van der Waals surface area contributed by atoms with Crippen LogP contribution < -0.4 is 5.46 Å². The lowest BCUT2D eigenvalue weighted by molar-refractivity contribution is 0.00578. The number of aldehydes is 2. The molecule has 1 aliphatic heterocycles. The lowest BCUT2D eigenvalue weighted by Crippen LogP contribution is -2.41. The van der Waals surface area contributed by atoms with Crippen molar-refractivity contribution in [3.63, 3.8) is 0 Å². The van der Waals surface area contributed by atoms with E-state index in [2.05, 4.69) is 172 Å². The summed E-state index contributed by atoms with van der Waals surface area (Å²) < 4.78 is 57.6. The predicted octanol–water partition coefficient (Wildman–Crippen LogP) is 15.9. The van der Waals surface area contributed by atoms with Gasteiger partial charge in [0.15, 0.2) is 35.5 Å². The molecular weight excluding hydrogens is 1420 g/mol. The van der Waals surface area contributed by atoms with E-state index in [0.29, 0.717) is 99.6 Å². The predicted molar refractivity (Wildman–Crippen MR) is 421 cm³/mol. The number of pyridine rings is 4. The molecule has 10 aromatic rings. The molecule has 0 radical (unpaired) electrons. The Morgan fingerprint density at radius 2 is 0.941 bits per heavy atom. The number of carbonyl (C=O) groups is 2. The first kappa shape index (κ1) is 79.5. The van der Waals surface area contributed by atoms with Gasteiger partial charge in [0.25, 0.3) is 0 Å². The number of carbonyl (C=O) groups excluding carboxylic acids is 2. The van der Waals surface area contributed by atoms with Crippen LogP contribution >= 0.6 is 15.9 Å². The third kappa shape index (κ3) is 19.8. The van der Waals surface area contributed by atoms with Crippen molar-refractivity contribution < 1.29 is 47.3 Å². The molecule has 102 heavy (non-hydrogen) atoms. The molecule has 1 fully saturated rings. The maximum atomic E-state index is 11.7. The highest BCUT2D eigenvalue weighted by Gasteiger charge is 2.52. The van der Waals surface area contributed by atoms with Gasteiger partial charge in [0.2, 0.25) is 0 Å². The number of hydrogen-bond donors (Lipinski definition) is 0. The molecule has 0 saturated carbocycles. The van der Waals surface area contributed by atoms with Gasteiger partial charge in [-0.05, 0) is 117 Å². The van der Waals surface area contributed by atoms with E-state index in [1.165, 1.54) is 0 Å². The van der Waals surface area contributed by atoms with Crippen LogP contribution in [-0.2, 0) is 77.9 Å². The number of ether oxygens (including phenoxy) is 6. The van der Waals surface area contributed by atoms with Gasteiger partial charge < -0.3 is 37.7 Å². The SMILES string of the molecule is COCc1cccc2c1nc(-c1nn(COCC[Si](C)(C)C)c3ncc(-c4cncc(C=O)c4C)cc13)n2COCC[Si](C)(C)C.COCc1cccc2c1nc(-c1nn(COCC[Si](C)(C)C)c3ncc(B4OC(C)(C)C(C)(C)O4)cc13)n2COCC[Si](C)(C)C.Cc1c(Br)cncc1C=O. The van der Waals surface area contributed by atoms with Gasteiger partial charge in [-0.2, -0.15) is 10.2 Å². The van der Waals surface area contributed by atoms with E-state index in [0.717, 1.165) is 119 Å². The minimum Gasteiger partial charge on any atom is -0.399 e. The molecule has 0 unspecified atom stereocenters. The third-order valence-corrected chi connectivity index (χ3v) is 26.0. The lowest BCUT2D eigenvalue weighted by atomic mass is 9.80. The van der Waals surface area contributed by atoms with Gasteiger partial charge in [0.1, 0.15) is 38.3 Å². The highest BCUT2D eigenvalue weighted by molar-refractivity contribution is 9.10. The Hall–Kier alpha value is -6.65. The number of methoxy groups -OCH3 is 2. The van der Waals surface area contributed by atoms with Crippen LogP contribution in [0.5, 0.6) is 0 Å². The zero-order chi connectivity index (χ0) is 74.1. The Balaban J connectivity index is 0.000000208. The molecule has 22 nitrogen and oxygen atoms in total. The van der Waals surface area contributed by atoms with Crippen molar-refractivity contribution in [2.75, 3.05) is 40.6 Å². The van der Waals surface area contributed by atoms with Crippen LogP contribution in [-0.4, -0.2) is 162 Å². The van der Waals surface area contributed by atoms with Crippen LogP contribution in [0, 0.1) is 13.8 Å². The van der Waals surface area contributed by atoms with E-state index < -0.39 is 50.6 Å². The summed E-state index contributed by atoms with van der Waals surface area (Å²) in [4.78, 5) is 50.4. The summed E-state index contributed by atoms with van der Waals surface area (Å²) in [7, 11) is -2.18. The topological polar surface area (TPSA) is 231 Å². The highest BCUT2D eigenvalue weighted by atomic mass is 79.9. The summed E-state index contributed by atoms with van der Waals surface area (Å²) in [5, 5.41) is 11.9. The fraction of sp³-hybridized carbons (Fsp3) is 0.486. The second-order valence-electron chi connectivity index (χ2n) is 32.0. The number of benzene rings is 2. The average Bonchev–Trinajstić information content (AvgIpc) is 1.59. The Morgan fingerprint density at radius 3 is 1.36 bits per heavy atom. The Bertz CT molecular complexity index is 4540.